The molecule has 1 aromatic heterocycles. The molecule has 0 aliphatic carbocycles. The Labute approximate surface area is 201 Å². The number of phenols is 1. The maximum absolute atomic E-state index is 13.0. The van der Waals surface area contributed by atoms with Crippen molar-refractivity contribution in [2.75, 3.05) is 13.1 Å². The summed E-state index contributed by atoms with van der Waals surface area (Å²) in [5.41, 5.74) is 2.89. The molecule has 3 aromatic rings. The van der Waals surface area contributed by atoms with Crippen LogP contribution in [0.3, 0.4) is 0 Å². The van der Waals surface area contributed by atoms with E-state index in [1.807, 2.05) is 34.9 Å². The molecular formula is C27H23ClN2O4. The minimum absolute atomic E-state index is 0.0592. The molecule has 4 heterocycles. The molecule has 1 N–H and O–H groups in total. The summed E-state index contributed by atoms with van der Waals surface area (Å²) in [4.78, 5) is 27.6. The number of likely N-dealkylation sites (tertiary alicyclic amines) is 1. The minimum Gasteiger partial charge on any atom is -0.507 e. The zero-order valence-electron chi connectivity index (χ0n) is 18.4. The molecule has 0 spiro atoms. The van der Waals surface area contributed by atoms with Crippen LogP contribution >= 0.6 is 11.6 Å². The number of phenolic OH excluding ortho intramolecular Hbond substituents is 1. The van der Waals surface area contributed by atoms with Crippen LogP contribution in [0, 0.1) is 5.92 Å². The first kappa shape index (κ1) is 21.2. The average molecular weight is 475 g/mol. The first-order valence-electron chi connectivity index (χ1n) is 11.4. The summed E-state index contributed by atoms with van der Waals surface area (Å²) in [6.07, 6.45) is 2.70. The fourth-order valence-corrected chi connectivity index (χ4v) is 5.72. The van der Waals surface area contributed by atoms with E-state index in [-0.39, 0.29) is 28.8 Å². The molecule has 6 rings (SSSR count). The van der Waals surface area contributed by atoms with E-state index in [1.54, 1.807) is 30.3 Å². The Bertz CT molecular complexity index is 1410. The lowest BCUT2D eigenvalue weighted by Gasteiger charge is -2.42. The van der Waals surface area contributed by atoms with Crippen molar-refractivity contribution in [1.82, 2.24) is 9.47 Å². The van der Waals surface area contributed by atoms with Gasteiger partial charge in [-0.25, -0.2) is 0 Å². The van der Waals surface area contributed by atoms with Gasteiger partial charge in [-0.3, -0.25) is 14.5 Å². The quantitative estimate of drug-likeness (QED) is 0.568. The Morgan fingerprint density at radius 3 is 2.74 bits per heavy atom. The number of nitrogens with zero attached hydrogens (tertiary/aromatic N) is 2. The van der Waals surface area contributed by atoms with E-state index >= 15 is 0 Å². The van der Waals surface area contributed by atoms with Crippen LogP contribution < -0.4 is 10.3 Å². The lowest BCUT2D eigenvalue weighted by atomic mass is 9.83. The number of ether oxygens (including phenoxy) is 1. The van der Waals surface area contributed by atoms with Crippen molar-refractivity contribution in [3.63, 3.8) is 0 Å². The number of hydrogen-bond acceptors (Lipinski definition) is 5. The van der Waals surface area contributed by atoms with Crippen LogP contribution in [0.5, 0.6) is 11.5 Å². The van der Waals surface area contributed by atoms with Crippen LogP contribution in [-0.4, -0.2) is 33.4 Å². The molecule has 0 amide bonds. The van der Waals surface area contributed by atoms with Crippen LogP contribution in [0.4, 0.5) is 0 Å². The number of carbonyl (C=O) groups is 1. The van der Waals surface area contributed by atoms with E-state index in [0.29, 0.717) is 46.5 Å². The molecule has 1 saturated heterocycles. The Morgan fingerprint density at radius 2 is 1.88 bits per heavy atom. The third kappa shape index (κ3) is 3.54. The second kappa shape index (κ2) is 8.15. The average Bonchev–Trinajstić information content (AvgIpc) is 3.13. The molecule has 0 unspecified atom stereocenters. The van der Waals surface area contributed by atoms with Gasteiger partial charge in [0.05, 0.1) is 11.1 Å². The van der Waals surface area contributed by atoms with Gasteiger partial charge in [0, 0.05) is 48.9 Å². The Balaban J connectivity index is 1.29. The van der Waals surface area contributed by atoms with E-state index in [2.05, 4.69) is 4.90 Å². The molecule has 2 aromatic carbocycles. The van der Waals surface area contributed by atoms with Crippen LogP contribution in [-0.2, 0) is 13.1 Å². The Morgan fingerprint density at radius 1 is 1.03 bits per heavy atom. The van der Waals surface area contributed by atoms with E-state index in [9.17, 15) is 14.7 Å². The monoisotopic (exact) mass is 474 g/mol. The normalized spacial score (nSPS) is 22.4. The van der Waals surface area contributed by atoms with E-state index < -0.39 is 0 Å². The maximum atomic E-state index is 13.0. The standard InChI is InChI=1S/C27H23ClN2O4/c28-21-5-2-1-4-17(21)11-24-26(33)19-8-9-23(31)20(27(19)34-24)15-29-12-16-10-18(14-29)22-6-3-7-25(32)30(22)13-16/h1-9,11,16,18,31H,10,12-15H2/t16-,18-/m0/s1. The van der Waals surface area contributed by atoms with Crippen molar-refractivity contribution < 1.29 is 14.6 Å². The first-order valence-corrected chi connectivity index (χ1v) is 11.8. The summed E-state index contributed by atoms with van der Waals surface area (Å²) >= 11 is 6.26. The number of halogens is 1. The van der Waals surface area contributed by atoms with Gasteiger partial charge in [-0.05, 0) is 48.2 Å². The summed E-state index contributed by atoms with van der Waals surface area (Å²) in [6, 6.07) is 15.9. The molecule has 0 saturated carbocycles. The van der Waals surface area contributed by atoms with Crippen LogP contribution in [0.1, 0.15) is 39.5 Å². The van der Waals surface area contributed by atoms with Crippen LogP contribution in [0.2, 0.25) is 5.02 Å². The fraction of sp³-hybridized carbons (Fsp3) is 0.259. The van der Waals surface area contributed by atoms with Crippen molar-refractivity contribution in [3.8, 4) is 11.5 Å². The number of aromatic hydroxyl groups is 1. The largest absolute Gasteiger partial charge is 0.507 e. The number of ketones is 1. The molecule has 6 nitrogen and oxygen atoms in total. The first-order chi connectivity index (χ1) is 16.5. The molecule has 1 fully saturated rings. The van der Waals surface area contributed by atoms with Gasteiger partial charge in [-0.1, -0.05) is 35.9 Å². The second-order valence-electron chi connectivity index (χ2n) is 9.29. The van der Waals surface area contributed by atoms with Crippen molar-refractivity contribution in [3.05, 3.63) is 98.1 Å². The number of hydrogen-bond donors (Lipinski definition) is 1. The summed E-state index contributed by atoms with van der Waals surface area (Å²) < 4.78 is 7.92. The number of fused-ring (bicyclic) bond motifs is 5. The number of aromatic nitrogens is 1. The highest BCUT2D eigenvalue weighted by atomic mass is 35.5. The predicted octanol–water partition coefficient (Wildman–Crippen LogP) is 4.44. The fourth-order valence-electron chi connectivity index (χ4n) is 5.53. The molecule has 172 valence electrons. The number of piperidine rings is 1. The van der Waals surface area contributed by atoms with Crippen LogP contribution in [0.25, 0.3) is 6.08 Å². The highest BCUT2D eigenvalue weighted by Crippen LogP contribution is 2.42. The number of rotatable bonds is 3. The lowest BCUT2D eigenvalue weighted by molar-refractivity contribution is 0.101. The van der Waals surface area contributed by atoms with Crippen molar-refractivity contribution >= 4 is 23.5 Å². The highest BCUT2D eigenvalue weighted by molar-refractivity contribution is 6.32. The van der Waals surface area contributed by atoms with Gasteiger partial charge >= 0.3 is 0 Å². The van der Waals surface area contributed by atoms with Gasteiger partial charge in [-0.15, -0.1) is 0 Å². The van der Waals surface area contributed by atoms with Gasteiger partial charge in [0.15, 0.2) is 5.76 Å². The van der Waals surface area contributed by atoms with E-state index in [1.165, 1.54) is 0 Å². The number of Topliss-reactive ketones (excluding diaryl/α,β-unsaturated/α-hetero) is 1. The molecule has 3 aliphatic rings. The number of pyridine rings is 1. The Hall–Kier alpha value is -3.35. The Kier molecular flexibility index (Phi) is 5.08. The van der Waals surface area contributed by atoms with E-state index in [0.717, 1.165) is 25.2 Å². The third-order valence-electron chi connectivity index (χ3n) is 7.05. The van der Waals surface area contributed by atoms with Gasteiger partial charge in [-0.2, -0.15) is 0 Å². The van der Waals surface area contributed by atoms with Gasteiger partial charge in [0.1, 0.15) is 11.5 Å². The third-order valence-corrected chi connectivity index (χ3v) is 7.39. The highest BCUT2D eigenvalue weighted by Gasteiger charge is 2.36. The molecular weight excluding hydrogens is 452 g/mol. The molecule has 2 bridgehead atoms. The van der Waals surface area contributed by atoms with Crippen LogP contribution in [0.15, 0.2) is 65.2 Å². The van der Waals surface area contributed by atoms with Gasteiger partial charge in [0.2, 0.25) is 5.78 Å². The molecule has 7 heteroatoms. The zero-order chi connectivity index (χ0) is 23.4. The molecule has 0 radical (unpaired) electrons. The maximum Gasteiger partial charge on any atom is 0.250 e. The van der Waals surface area contributed by atoms with Gasteiger partial charge in [0.25, 0.3) is 5.56 Å². The SMILES string of the molecule is O=C1C(=Cc2ccccc2Cl)Oc2c1ccc(O)c2CN1C[C@@H]2C[C@@H](C1)c1cccc(=O)n1C2. The summed E-state index contributed by atoms with van der Waals surface area (Å²) in [5.74, 6) is 1.12. The topological polar surface area (TPSA) is 71.8 Å². The molecule has 3 aliphatic heterocycles. The van der Waals surface area contributed by atoms with Crippen molar-refractivity contribution in [2.45, 2.75) is 25.4 Å². The number of allylic oxidation sites excluding steroid dienone is 1. The second-order valence-corrected chi connectivity index (χ2v) is 9.70. The zero-order valence-corrected chi connectivity index (χ0v) is 19.2. The van der Waals surface area contributed by atoms with Gasteiger partial charge < -0.3 is 14.4 Å². The van der Waals surface area contributed by atoms with Crippen molar-refractivity contribution in [2.24, 2.45) is 5.92 Å². The smallest absolute Gasteiger partial charge is 0.250 e. The van der Waals surface area contributed by atoms with Crippen molar-refractivity contribution in [1.29, 1.82) is 0 Å². The predicted molar refractivity (Wildman–Crippen MR) is 129 cm³/mol. The number of carbonyl (C=O) groups excluding carboxylic acids is 1. The summed E-state index contributed by atoms with van der Waals surface area (Å²) in [7, 11) is 0. The minimum atomic E-state index is -0.222. The number of benzene rings is 2. The summed E-state index contributed by atoms with van der Waals surface area (Å²) in [5, 5.41) is 11.2. The van der Waals surface area contributed by atoms with E-state index in [4.69, 9.17) is 16.3 Å². The molecule has 2 atom stereocenters. The summed E-state index contributed by atoms with van der Waals surface area (Å²) in [6.45, 7) is 2.77. The lowest BCUT2D eigenvalue weighted by Crippen LogP contribution is -2.46. The molecule has 34 heavy (non-hydrogen) atoms.